The summed E-state index contributed by atoms with van der Waals surface area (Å²) in [6.07, 6.45) is 5.74. The molecule has 1 aromatic carbocycles. The third kappa shape index (κ3) is 4.57. The molecule has 1 aliphatic heterocycles. The van der Waals surface area contributed by atoms with Crippen molar-refractivity contribution >= 4 is 0 Å². The standard InChI is InChI=1S/C20H32N2O2/c1-15(17-7-6-16-4-3-5-18(16)12-17)21-19-8-10-22(11-9-19)13-20(23)14-24-2/h6-7,12,15,19-21,23H,3-5,8-11,13-14H2,1-2H3. The summed E-state index contributed by atoms with van der Waals surface area (Å²) in [5, 5.41) is 13.7. The maximum absolute atomic E-state index is 9.86. The highest BCUT2D eigenvalue weighted by Crippen LogP contribution is 2.26. The molecule has 0 radical (unpaired) electrons. The lowest BCUT2D eigenvalue weighted by molar-refractivity contribution is 0.0308. The number of fused-ring (bicyclic) bond motifs is 1. The molecule has 1 aliphatic carbocycles. The summed E-state index contributed by atoms with van der Waals surface area (Å²) in [6.45, 7) is 5.53. The van der Waals surface area contributed by atoms with Crippen LogP contribution < -0.4 is 5.32 Å². The molecular weight excluding hydrogens is 300 g/mol. The normalized spacial score (nSPS) is 21.6. The van der Waals surface area contributed by atoms with Gasteiger partial charge in [-0.1, -0.05) is 18.2 Å². The van der Waals surface area contributed by atoms with Gasteiger partial charge in [0.15, 0.2) is 0 Å². The monoisotopic (exact) mass is 332 g/mol. The quantitative estimate of drug-likeness (QED) is 0.804. The Balaban J connectivity index is 1.45. The van der Waals surface area contributed by atoms with Crippen molar-refractivity contribution in [2.75, 3.05) is 33.4 Å². The number of hydrogen-bond donors (Lipinski definition) is 2. The van der Waals surface area contributed by atoms with Gasteiger partial charge in [-0.15, -0.1) is 0 Å². The van der Waals surface area contributed by atoms with Crippen molar-refractivity contribution in [2.24, 2.45) is 0 Å². The lowest BCUT2D eigenvalue weighted by Gasteiger charge is -2.35. The molecule has 1 aromatic rings. The Kier molecular flexibility index (Phi) is 6.28. The third-order valence-electron chi connectivity index (χ3n) is 5.52. The summed E-state index contributed by atoms with van der Waals surface area (Å²) < 4.78 is 5.01. The molecule has 2 N–H and O–H groups in total. The third-order valence-corrected chi connectivity index (χ3v) is 5.52. The molecule has 0 aromatic heterocycles. The van der Waals surface area contributed by atoms with Gasteiger partial charge < -0.3 is 20.1 Å². The van der Waals surface area contributed by atoms with E-state index in [0.717, 1.165) is 32.5 Å². The molecule has 0 saturated carbocycles. The van der Waals surface area contributed by atoms with Crippen LogP contribution in [0, 0.1) is 0 Å². The van der Waals surface area contributed by atoms with E-state index in [-0.39, 0.29) is 6.10 Å². The van der Waals surface area contributed by atoms with E-state index in [0.29, 0.717) is 18.7 Å². The highest BCUT2D eigenvalue weighted by atomic mass is 16.5. The molecule has 3 rings (SSSR count). The Morgan fingerprint density at radius 3 is 2.75 bits per heavy atom. The lowest BCUT2D eigenvalue weighted by atomic mass is 9.99. The molecule has 0 spiro atoms. The summed E-state index contributed by atoms with van der Waals surface area (Å²) in [7, 11) is 1.64. The van der Waals surface area contributed by atoms with Gasteiger partial charge in [-0.25, -0.2) is 0 Å². The van der Waals surface area contributed by atoms with Crippen LogP contribution in [-0.2, 0) is 17.6 Å². The molecule has 4 heteroatoms. The first-order chi connectivity index (χ1) is 11.7. The average molecular weight is 332 g/mol. The van der Waals surface area contributed by atoms with E-state index in [1.54, 1.807) is 18.2 Å². The Morgan fingerprint density at radius 1 is 1.25 bits per heavy atom. The van der Waals surface area contributed by atoms with Gasteiger partial charge in [-0.2, -0.15) is 0 Å². The minimum atomic E-state index is -0.371. The number of aliphatic hydroxyl groups is 1. The number of rotatable bonds is 7. The van der Waals surface area contributed by atoms with Crippen LogP contribution in [0.2, 0.25) is 0 Å². The summed E-state index contributed by atoms with van der Waals surface area (Å²) >= 11 is 0. The van der Waals surface area contributed by atoms with Crippen LogP contribution in [0.1, 0.15) is 48.9 Å². The van der Waals surface area contributed by atoms with E-state index >= 15 is 0 Å². The zero-order chi connectivity index (χ0) is 16.9. The average Bonchev–Trinajstić information content (AvgIpc) is 3.04. The molecule has 1 fully saturated rings. The van der Waals surface area contributed by atoms with Gasteiger partial charge in [-0.05, 0) is 68.8 Å². The number of ether oxygens (including phenoxy) is 1. The van der Waals surface area contributed by atoms with Crippen molar-refractivity contribution in [3.05, 3.63) is 34.9 Å². The molecule has 0 amide bonds. The number of methoxy groups -OCH3 is 1. The number of aryl methyl sites for hydroxylation is 2. The van der Waals surface area contributed by atoms with Crippen molar-refractivity contribution in [1.29, 1.82) is 0 Å². The van der Waals surface area contributed by atoms with Crippen LogP contribution in [0.15, 0.2) is 18.2 Å². The minimum Gasteiger partial charge on any atom is -0.389 e. The second-order valence-corrected chi connectivity index (χ2v) is 7.45. The topological polar surface area (TPSA) is 44.7 Å². The molecular formula is C20H32N2O2. The fourth-order valence-corrected chi connectivity index (χ4v) is 4.14. The van der Waals surface area contributed by atoms with Crippen LogP contribution in [-0.4, -0.2) is 55.5 Å². The van der Waals surface area contributed by atoms with Gasteiger partial charge in [-0.3, -0.25) is 0 Å². The number of aliphatic hydroxyl groups excluding tert-OH is 1. The molecule has 4 nitrogen and oxygen atoms in total. The van der Waals surface area contributed by atoms with E-state index < -0.39 is 0 Å². The molecule has 0 bridgehead atoms. The lowest BCUT2D eigenvalue weighted by Crippen LogP contribution is -2.46. The number of benzene rings is 1. The number of likely N-dealkylation sites (tertiary alicyclic amines) is 1. The van der Waals surface area contributed by atoms with Crippen LogP contribution in [0.5, 0.6) is 0 Å². The largest absolute Gasteiger partial charge is 0.389 e. The fraction of sp³-hybridized carbons (Fsp3) is 0.700. The zero-order valence-corrected chi connectivity index (χ0v) is 15.1. The van der Waals surface area contributed by atoms with E-state index in [2.05, 4.69) is 35.3 Å². The number of β-amino-alcohol motifs (C(OH)–C–C–N with tert-alkyl or cyclic N) is 1. The van der Waals surface area contributed by atoms with Crippen molar-refractivity contribution in [3.63, 3.8) is 0 Å². The summed E-state index contributed by atoms with van der Waals surface area (Å²) in [5.74, 6) is 0. The highest BCUT2D eigenvalue weighted by molar-refractivity contribution is 5.36. The maximum Gasteiger partial charge on any atom is 0.0900 e. The first kappa shape index (κ1) is 17.9. The van der Waals surface area contributed by atoms with Gasteiger partial charge in [0.25, 0.3) is 0 Å². The van der Waals surface area contributed by atoms with Crippen LogP contribution in [0.4, 0.5) is 0 Å². The van der Waals surface area contributed by atoms with Crippen molar-refractivity contribution in [1.82, 2.24) is 10.2 Å². The predicted molar refractivity (Wildman–Crippen MR) is 97.4 cm³/mol. The molecule has 2 unspecified atom stereocenters. The van der Waals surface area contributed by atoms with Gasteiger partial charge in [0.1, 0.15) is 0 Å². The zero-order valence-electron chi connectivity index (χ0n) is 15.1. The smallest absolute Gasteiger partial charge is 0.0900 e. The predicted octanol–water partition coefficient (Wildman–Crippen LogP) is 2.30. The van der Waals surface area contributed by atoms with Crippen LogP contribution in [0.3, 0.4) is 0 Å². The molecule has 24 heavy (non-hydrogen) atoms. The second kappa shape index (κ2) is 8.43. The Morgan fingerprint density at radius 2 is 2.00 bits per heavy atom. The molecule has 2 atom stereocenters. The molecule has 134 valence electrons. The van der Waals surface area contributed by atoms with E-state index in [1.165, 1.54) is 24.8 Å². The summed E-state index contributed by atoms with van der Waals surface area (Å²) in [4.78, 5) is 2.35. The van der Waals surface area contributed by atoms with E-state index in [9.17, 15) is 5.11 Å². The van der Waals surface area contributed by atoms with Crippen molar-refractivity contribution in [3.8, 4) is 0 Å². The van der Waals surface area contributed by atoms with Gasteiger partial charge in [0.05, 0.1) is 12.7 Å². The number of hydrogen-bond acceptors (Lipinski definition) is 4. The van der Waals surface area contributed by atoms with Crippen molar-refractivity contribution < 1.29 is 9.84 Å². The molecule has 1 saturated heterocycles. The van der Waals surface area contributed by atoms with Crippen molar-refractivity contribution in [2.45, 2.75) is 57.2 Å². The Bertz CT molecular complexity index is 526. The van der Waals surface area contributed by atoms with Crippen LogP contribution in [0.25, 0.3) is 0 Å². The SMILES string of the molecule is COCC(O)CN1CCC(NC(C)c2ccc3c(c2)CCC3)CC1. The van der Waals surface area contributed by atoms with Gasteiger partial charge in [0, 0.05) is 25.7 Å². The number of nitrogens with zero attached hydrogens (tertiary/aromatic N) is 1. The highest BCUT2D eigenvalue weighted by Gasteiger charge is 2.22. The van der Waals surface area contributed by atoms with E-state index in [4.69, 9.17) is 4.74 Å². The molecule has 2 aliphatic rings. The summed E-state index contributed by atoms with van der Waals surface area (Å²) in [6, 6.07) is 8.03. The number of nitrogens with one attached hydrogen (secondary N) is 1. The van der Waals surface area contributed by atoms with E-state index in [1.807, 2.05) is 0 Å². The Hall–Kier alpha value is -0.940. The Labute approximate surface area is 146 Å². The maximum atomic E-state index is 9.86. The first-order valence-electron chi connectivity index (χ1n) is 9.43. The second-order valence-electron chi connectivity index (χ2n) is 7.45. The minimum absolute atomic E-state index is 0.371. The first-order valence-corrected chi connectivity index (χ1v) is 9.43. The summed E-state index contributed by atoms with van der Waals surface area (Å²) in [5.41, 5.74) is 4.53. The van der Waals surface area contributed by atoms with Crippen LogP contribution >= 0.6 is 0 Å². The van der Waals surface area contributed by atoms with Gasteiger partial charge in [0.2, 0.25) is 0 Å². The van der Waals surface area contributed by atoms with Gasteiger partial charge >= 0.3 is 0 Å². The molecule has 1 heterocycles. The number of piperidine rings is 1. The fourth-order valence-electron chi connectivity index (χ4n) is 4.14.